The van der Waals surface area contributed by atoms with Crippen molar-refractivity contribution < 1.29 is 24.2 Å². The Morgan fingerprint density at radius 2 is 1.64 bits per heavy atom. The monoisotopic (exact) mass is 450 g/mol. The van der Waals surface area contributed by atoms with Crippen LogP contribution in [0.15, 0.2) is 48.5 Å². The molecule has 4 rings (SSSR count). The number of likely N-dealkylation sites (tertiary alicyclic amines) is 1. The standard InChI is InChI=1S/C26H30N2O5/c29-24(28-16-8-6-13-23(28)25(30)31)14-5-7-15-27-26(32)33-17-22-20-11-3-1-9-18(20)19-10-2-4-12-21(19)22/h1-4,9-12,22-23H,5-8,13-17H2,(H,27,32)(H,30,31). The fourth-order valence-corrected chi connectivity index (χ4v) is 4.87. The number of hydrogen-bond donors (Lipinski definition) is 2. The van der Waals surface area contributed by atoms with Crippen LogP contribution in [-0.4, -0.2) is 53.7 Å². The van der Waals surface area contributed by atoms with Crippen molar-refractivity contribution in [2.75, 3.05) is 19.7 Å². The van der Waals surface area contributed by atoms with Crippen molar-refractivity contribution in [1.29, 1.82) is 0 Å². The third-order valence-corrected chi connectivity index (χ3v) is 6.54. The number of carbonyl (C=O) groups excluding carboxylic acids is 2. The van der Waals surface area contributed by atoms with E-state index in [1.165, 1.54) is 27.2 Å². The van der Waals surface area contributed by atoms with Crippen LogP contribution in [0, 0.1) is 0 Å². The van der Waals surface area contributed by atoms with Crippen molar-refractivity contribution in [3.05, 3.63) is 59.7 Å². The molecule has 7 heteroatoms. The molecule has 0 bridgehead atoms. The van der Waals surface area contributed by atoms with E-state index in [0.29, 0.717) is 32.4 Å². The summed E-state index contributed by atoms with van der Waals surface area (Å²) in [5.41, 5.74) is 4.71. The number of unbranched alkanes of at least 4 members (excludes halogenated alkanes) is 1. The molecule has 2 N–H and O–H groups in total. The molecule has 0 saturated carbocycles. The molecule has 2 aromatic rings. The average Bonchev–Trinajstić information content (AvgIpc) is 3.16. The van der Waals surface area contributed by atoms with Gasteiger partial charge in [0.05, 0.1) is 0 Å². The minimum absolute atomic E-state index is 0.0208. The van der Waals surface area contributed by atoms with Crippen molar-refractivity contribution in [1.82, 2.24) is 10.2 Å². The topological polar surface area (TPSA) is 95.9 Å². The Bertz CT molecular complexity index is 976. The second kappa shape index (κ2) is 10.5. The molecule has 174 valence electrons. The van der Waals surface area contributed by atoms with Gasteiger partial charge in [-0.2, -0.15) is 0 Å². The van der Waals surface area contributed by atoms with E-state index in [2.05, 4.69) is 29.6 Å². The Balaban J connectivity index is 1.19. The van der Waals surface area contributed by atoms with Gasteiger partial charge >= 0.3 is 12.1 Å². The number of benzene rings is 2. The van der Waals surface area contributed by atoms with Crippen LogP contribution in [0.2, 0.25) is 0 Å². The molecule has 1 unspecified atom stereocenters. The molecule has 1 heterocycles. The molecule has 1 saturated heterocycles. The SMILES string of the molecule is O=C(NCCCCC(=O)N1CCCCC1C(=O)O)OCC1c2ccccc2-c2ccccc21. The number of fused-ring (bicyclic) bond motifs is 3. The van der Waals surface area contributed by atoms with Gasteiger partial charge < -0.3 is 20.1 Å². The van der Waals surface area contributed by atoms with Gasteiger partial charge in [-0.05, 0) is 54.4 Å². The minimum atomic E-state index is -0.931. The zero-order chi connectivity index (χ0) is 23.2. The van der Waals surface area contributed by atoms with Gasteiger partial charge in [0.25, 0.3) is 0 Å². The second-order valence-electron chi connectivity index (χ2n) is 8.65. The lowest BCUT2D eigenvalue weighted by Crippen LogP contribution is -2.47. The third kappa shape index (κ3) is 5.18. The molecule has 7 nitrogen and oxygen atoms in total. The van der Waals surface area contributed by atoms with Gasteiger partial charge in [-0.15, -0.1) is 0 Å². The first-order chi connectivity index (χ1) is 16.1. The highest BCUT2D eigenvalue weighted by molar-refractivity contribution is 5.84. The van der Waals surface area contributed by atoms with E-state index in [9.17, 15) is 19.5 Å². The van der Waals surface area contributed by atoms with Gasteiger partial charge in [-0.1, -0.05) is 48.5 Å². The average molecular weight is 451 g/mol. The zero-order valence-electron chi connectivity index (χ0n) is 18.7. The van der Waals surface area contributed by atoms with Crippen molar-refractivity contribution in [3.8, 4) is 11.1 Å². The van der Waals surface area contributed by atoms with Crippen LogP contribution < -0.4 is 5.32 Å². The van der Waals surface area contributed by atoms with Crippen LogP contribution in [0.4, 0.5) is 4.79 Å². The van der Waals surface area contributed by atoms with E-state index < -0.39 is 18.1 Å². The Labute approximate surface area is 193 Å². The number of nitrogens with one attached hydrogen (secondary N) is 1. The predicted octanol–water partition coefficient (Wildman–Crippen LogP) is 4.16. The Morgan fingerprint density at radius 1 is 0.970 bits per heavy atom. The van der Waals surface area contributed by atoms with Crippen LogP contribution in [0.1, 0.15) is 55.6 Å². The van der Waals surface area contributed by atoms with E-state index in [1.54, 1.807) is 0 Å². The number of rotatable bonds is 8. The van der Waals surface area contributed by atoms with Gasteiger partial charge in [-0.25, -0.2) is 9.59 Å². The number of nitrogens with zero attached hydrogens (tertiary/aromatic N) is 1. The summed E-state index contributed by atoms with van der Waals surface area (Å²) in [6, 6.07) is 15.7. The molecule has 0 spiro atoms. The zero-order valence-corrected chi connectivity index (χ0v) is 18.7. The lowest BCUT2D eigenvalue weighted by atomic mass is 9.98. The molecule has 2 aromatic carbocycles. The van der Waals surface area contributed by atoms with Crippen LogP contribution >= 0.6 is 0 Å². The Kier molecular flexibility index (Phi) is 7.27. The summed E-state index contributed by atoms with van der Waals surface area (Å²) in [7, 11) is 0. The number of carboxylic acid groups (broad SMARTS) is 1. The van der Waals surface area contributed by atoms with Gasteiger partial charge in [0.2, 0.25) is 5.91 Å². The third-order valence-electron chi connectivity index (χ3n) is 6.54. The first kappa shape index (κ1) is 22.8. The summed E-state index contributed by atoms with van der Waals surface area (Å²) < 4.78 is 5.51. The van der Waals surface area contributed by atoms with Crippen molar-refractivity contribution in [2.24, 2.45) is 0 Å². The summed E-state index contributed by atoms with van der Waals surface area (Å²) in [5.74, 6) is -1.03. The van der Waals surface area contributed by atoms with Crippen molar-refractivity contribution in [2.45, 2.75) is 50.5 Å². The summed E-state index contributed by atoms with van der Waals surface area (Å²) in [5, 5.41) is 12.1. The quantitative estimate of drug-likeness (QED) is 0.589. The highest BCUT2D eigenvalue weighted by Crippen LogP contribution is 2.44. The van der Waals surface area contributed by atoms with Gasteiger partial charge in [-0.3, -0.25) is 4.79 Å². The number of hydrogen-bond acceptors (Lipinski definition) is 4. The Hall–Kier alpha value is -3.35. The van der Waals surface area contributed by atoms with Crippen LogP contribution in [0.5, 0.6) is 0 Å². The summed E-state index contributed by atoms with van der Waals surface area (Å²) in [4.78, 5) is 37.5. The normalized spacial score (nSPS) is 17.2. The number of amides is 2. The molecule has 0 aromatic heterocycles. The molecule has 0 radical (unpaired) electrons. The fraction of sp³-hybridized carbons (Fsp3) is 0.423. The maximum Gasteiger partial charge on any atom is 0.407 e. The molecule has 1 fully saturated rings. The van der Waals surface area contributed by atoms with E-state index in [1.807, 2.05) is 24.3 Å². The maximum absolute atomic E-state index is 12.4. The second-order valence-corrected chi connectivity index (χ2v) is 8.65. The molecular weight excluding hydrogens is 420 g/mol. The van der Waals surface area contributed by atoms with Crippen molar-refractivity contribution in [3.63, 3.8) is 0 Å². The molecule has 2 aliphatic rings. The van der Waals surface area contributed by atoms with Crippen LogP contribution in [0.3, 0.4) is 0 Å². The molecule has 1 aliphatic carbocycles. The van der Waals surface area contributed by atoms with Crippen LogP contribution in [-0.2, 0) is 14.3 Å². The van der Waals surface area contributed by atoms with Gasteiger partial charge in [0.15, 0.2) is 0 Å². The van der Waals surface area contributed by atoms with Crippen molar-refractivity contribution >= 4 is 18.0 Å². The molecule has 33 heavy (non-hydrogen) atoms. The maximum atomic E-state index is 12.4. The lowest BCUT2D eigenvalue weighted by molar-refractivity contribution is -0.152. The first-order valence-electron chi connectivity index (χ1n) is 11.7. The van der Waals surface area contributed by atoms with E-state index >= 15 is 0 Å². The number of alkyl carbamates (subject to hydrolysis) is 1. The largest absolute Gasteiger partial charge is 0.480 e. The summed E-state index contributed by atoms with van der Waals surface area (Å²) >= 11 is 0. The summed E-state index contributed by atoms with van der Waals surface area (Å²) in [6.45, 7) is 1.18. The lowest BCUT2D eigenvalue weighted by Gasteiger charge is -2.33. The van der Waals surface area contributed by atoms with Gasteiger partial charge in [0.1, 0.15) is 12.6 Å². The number of carboxylic acids is 1. The van der Waals surface area contributed by atoms with E-state index in [-0.39, 0.29) is 24.9 Å². The van der Waals surface area contributed by atoms with Crippen LogP contribution in [0.25, 0.3) is 11.1 Å². The molecule has 1 atom stereocenters. The number of carbonyl (C=O) groups is 3. The van der Waals surface area contributed by atoms with Gasteiger partial charge in [0, 0.05) is 25.4 Å². The smallest absolute Gasteiger partial charge is 0.407 e. The first-order valence-corrected chi connectivity index (χ1v) is 11.7. The number of piperidine rings is 1. The summed E-state index contributed by atoms with van der Waals surface area (Å²) in [6.07, 6.45) is 3.24. The van der Waals surface area contributed by atoms with E-state index in [0.717, 1.165) is 12.8 Å². The predicted molar refractivity (Wildman–Crippen MR) is 124 cm³/mol. The molecule has 1 aliphatic heterocycles. The van der Waals surface area contributed by atoms with E-state index in [4.69, 9.17) is 4.74 Å². The number of ether oxygens (including phenoxy) is 1. The molecular formula is C26H30N2O5. The highest BCUT2D eigenvalue weighted by Gasteiger charge is 2.31. The number of aliphatic carboxylic acids is 1. The minimum Gasteiger partial charge on any atom is -0.480 e. The fourth-order valence-electron chi connectivity index (χ4n) is 4.87. The Morgan fingerprint density at radius 3 is 2.30 bits per heavy atom. The highest BCUT2D eigenvalue weighted by atomic mass is 16.5. The molecule has 2 amide bonds.